The fourth-order valence-electron chi connectivity index (χ4n) is 1.55. The SMILES string of the molecule is CC(O)Cn1cnc2ccc(I)cc2c1=O. The summed E-state index contributed by atoms with van der Waals surface area (Å²) >= 11 is 2.16. The Morgan fingerprint density at radius 3 is 3.00 bits per heavy atom. The molecular weight excluding hydrogens is 319 g/mol. The first kappa shape index (κ1) is 11.5. The van der Waals surface area contributed by atoms with E-state index >= 15 is 0 Å². The highest BCUT2D eigenvalue weighted by Crippen LogP contribution is 2.11. The van der Waals surface area contributed by atoms with E-state index in [9.17, 15) is 9.90 Å². The minimum absolute atomic E-state index is 0.107. The van der Waals surface area contributed by atoms with Crippen LogP contribution in [0.15, 0.2) is 29.3 Å². The number of fused-ring (bicyclic) bond motifs is 1. The van der Waals surface area contributed by atoms with Crippen molar-refractivity contribution in [1.82, 2.24) is 9.55 Å². The summed E-state index contributed by atoms with van der Waals surface area (Å²) < 4.78 is 2.43. The minimum atomic E-state index is -0.556. The monoisotopic (exact) mass is 330 g/mol. The molecule has 0 saturated carbocycles. The van der Waals surface area contributed by atoms with E-state index in [0.717, 1.165) is 3.57 Å². The van der Waals surface area contributed by atoms with Gasteiger partial charge in [-0.05, 0) is 47.7 Å². The molecule has 0 amide bonds. The second-order valence-corrected chi connectivity index (χ2v) is 4.96. The predicted octanol–water partition coefficient (Wildman–Crippen LogP) is 1.38. The molecule has 0 fully saturated rings. The fraction of sp³-hybridized carbons (Fsp3) is 0.273. The highest BCUT2D eigenvalue weighted by Gasteiger charge is 2.06. The van der Waals surface area contributed by atoms with Gasteiger partial charge in [-0.25, -0.2) is 4.98 Å². The van der Waals surface area contributed by atoms with E-state index < -0.39 is 6.10 Å². The van der Waals surface area contributed by atoms with E-state index in [4.69, 9.17) is 0 Å². The number of hydrogen-bond acceptors (Lipinski definition) is 3. The van der Waals surface area contributed by atoms with Gasteiger partial charge in [0.05, 0.1) is 29.9 Å². The molecule has 0 aliphatic heterocycles. The molecule has 5 heteroatoms. The highest BCUT2D eigenvalue weighted by atomic mass is 127. The third-order valence-electron chi connectivity index (χ3n) is 2.25. The van der Waals surface area contributed by atoms with Crippen LogP contribution in [-0.4, -0.2) is 20.8 Å². The Labute approximate surface area is 106 Å². The van der Waals surface area contributed by atoms with E-state index in [1.54, 1.807) is 6.92 Å². The van der Waals surface area contributed by atoms with Crippen molar-refractivity contribution in [2.24, 2.45) is 0 Å². The van der Waals surface area contributed by atoms with Crippen LogP contribution in [-0.2, 0) is 6.54 Å². The molecule has 0 spiro atoms. The van der Waals surface area contributed by atoms with E-state index in [1.165, 1.54) is 10.9 Å². The lowest BCUT2D eigenvalue weighted by atomic mass is 10.2. The van der Waals surface area contributed by atoms with E-state index in [-0.39, 0.29) is 12.1 Å². The Morgan fingerprint density at radius 2 is 2.31 bits per heavy atom. The van der Waals surface area contributed by atoms with Gasteiger partial charge < -0.3 is 5.11 Å². The average Bonchev–Trinajstić information content (AvgIpc) is 2.22. The van der Waals surface area contributed by atoms with Gasteiger partial charge in [0.2, 0.25) is 0 Å². The maximum Gasteiger partial charge on any atom is 0.261 e. The Balaban J connectivity index is 2.64. The molecular formula is C11H11IN2O2. The van der Waals surface area contributed by atoms with Crippen molar-refractivity contribution in [3.05, 3.63) is 38.5 Å². The summed E-state index contributed by atoms with van der Waals surface area (Å²) in [7, 11) is 0. The first-order valence-corrected chi connectivity index (χ1v) is 5.98. The van der Waals surface area contributed by atoms with E-state index in [1.807, 2.05) is 18.2 Å². The molecule has 0 radical (unpaired) electrons. The minimum Gasteiger partial charge on any atom is -0.392 e. The molecule has 1 aromatic heterocycles. The van der Waals surface area contributed by atoms with Crippen molar-refractivity contribution >= 4 is 33.5 Å². The summed E-state index contributed by atoms with van der Waals surface area (Å²) in [6, 6.07) is 5.54. The molecule has 4 nitrogen and oxygen atoms in total. The van der Waals surface area contributed by atoms with E-state index in [0.29, 0.717) is 10.9 Å². The quantitative estimate of drug-likeness (QED) is 0.847. The lowest BCUT2D eigenvalue weighted by Crippen LogP contribution is -2.25. The number of halogens is 1. The van der Waals surface area contributed by atoms with Crippen molar-refractivity contribution in [1.29, 1.82) is 0 Å². The number of nitrogens with zero attached hydrogens (tertiary/aromatic N) is 2. The molecule has 1 aromatic carbocycles. The predicted molar refractivity (Wildman–Crippen MR) is 70.4 cm³/mol. The zero-order chi connectivity index (χ0) is 11.7. The first-order chi connectivity index (χ1) is 7.58. The average molecular weight is 330 g/mol. The van der Waals surface area contributed by atoms with Crippen LogP contribution < -0.4 is 5.56 Å². The molecule has 1 N–H and O–H groups in total. The Bertz CT molecular complexity index is 578. The van der Waals surface area contributed by atoms with Crippen LogP contribution >= 0.6 is 22.6 Å². The molecule has 2 aromatic rings. The van der Waals surface area contributed by atoms with Crippen LogP contribution in [0.1, 0.15) is 6.92 Å². The lowest BCUT2D eigenvalue weighted by molar-refractivity contribution is 0.172. The molecule has 2 rings (SSSR count). The molecule has 1 atom stereocenters. The molecule has 1 unspecified atom stereocenters. The van der Waals surface area contributed by atoms with Gasteiger partial charge in [0.25, 0.3) is 5.56 Å². The Hall–Kier alpha value is -0.950. The number of aliphatic hydroxyl groups excluding tert-OH is 1. The van der Waals surface area contributed by atoms with Crippen LogP contribution in [0.3, 0.4) is 0 Å². The van der Waals surface area contributed by atoms with Gasteiger partial charge in [0.15, 0.2) is 0 Å². The zero-order valence-electron chi connectivity index (χ0n) is 8.72. The van der Waals surface area contributed by atoms with E-state index in [2.05, 4.69) is 27.6 Å². The second-order valence-electron chi connectivity index (χ2n) is 3.71. The number of benzene rings is 1. The molecule has 0 aliphatic rings. The lowest BCUT2D eigenvalue weighted by Gasteiger charge is -2.08. The van der Waals surface area contributed by atoms with Gasteiger partial charge in [-0.1, -0.05) is 0 Å². The van der Waals surface area contributed by atoms with Crippen LogP contribution in [0.25, 0.3) is 10.9 Å². The van der Waals surface area contributed by atoms with Crippen molar-refractivity contribution in [3.63, 3.8) is 0 Å². The van der Waals surface area contributed by atoms with Crippen molar-refractivity contribution < 1.29 is 5.11 Å². The van der Waals surface area contributed by atoms with Gasteiger partial charge in [-0.3, -0.25) is 9.36 Å². The van der Waals surface area contributed by atoms with Crippen LogP contribution in [0.5, 0.6) is 0 Å². The van der Waals surface area contributed by atoms with Crippen LogP contribution in [0.4, 0.5) is 0 Å². The Kier molecular flexibility index (Phi) is 3.25. The van der Waals surface area contributed by atoms with Crippen molar-refractivity contribution in [3.8, 4) is 0 Å². The number of aromatic nitrogens is 2. The maximum absolute atomic E-state index is 12.0. The highest BCUT2D eigenvalue weighted by molar-refractivity contribution is 14.1. The summed E-state index contributed by atoms with van der Waals surface area (Å²) in [5.74, 6) is 0. The molecule has 0 bridgehead atoms. The molecule has 16 heavy (non-hydrogen) atoms. The maximum atomic E-state index is 12.0. The van der Waals surface area contributed by atoms with Gasteiger partial charge >= 0.3 is 0 Å². The van der Waals surface area contributed by atoms with Gasteiger partial charge in [-0.2, -0.15) is 0 Å². The number of rotatable bonds is 2. The van der Waals surface area contributed by atoms with Gasteiger partial charge in [-0.15, -0.1) is 0 Å². The number of hydrogen-bond donors (Lipinski definition) is 1. The summed E-state index contributed by atoms with van der Waals surface area (Å²) in [6.07, 6.45) is 0.921. The fourth-order valence-corrected chi connectivity index (χ4v) is 2.04. The molecule has 84 valence electrons. The topological polar surface area (TPSA) is 55.1 Å². The van der Waals surface area contributed by atoms with Crippen molar-refractivity contribution in [2.75, 3.05) is 0 Å². The summed E-state index contributed by atoms with van der Waals surface area (Å²) in [4.78, 5) is 16.2. The first-order valence-electron chi connectivity index (χ1n) is 4.90. The van der Waals surface area contributed by atoms with Gasteiger partial charge in [0, 0.05) is 3.57 Å². The molecule has 1 heterocycles. The number of aliphatic hydroxyl groups is 1. The standard InChI is InChI=1S/C11H11IN2O2/c1-7(15)5-14-6-13-10-3-2-8(12)4-9(10)11(14)16/h2-4,6-7,15H,5H2,1H3. The zero-order valence-corrected chi connectivity index (χ0v) is 10.9. The normalized spacial score (nSPS) is 12.9. The summed E-state index contributed by atoms with van der Waals surface area (Å²) in [6.45, 7) is 1.92. The van der Waals surface area contributed by atoms with Crippen LogP contribution in [0.2, 0.25) is 0 Å². The Morgan fingerprint density at radius 1 is 1.56 bits per heavy atom. The third kappa shape index (κ3) is 2.25. The third-order valence-corrected chi connectivity index (χ3v) is 2.92. The smallest absolute Gasteiger partial charge is 0.261 e. The molecule has 0 saturated heterocycles. The van der Waals surface area contributed by atoms with Crippen LogP contribution in [0, 0.1) is 3.57 Å². The largest absolute Gasteiger partial charge is 0.392 e. The molecule has 0 aliphatic carbocycles. The summed E-state index contributed by atoms with van der Waals surface area (Å²) in [5, 5.41) is 9.86. The van der Waals surface area contributed by atoms with Gasteiger partial charge in [0.1, 0.15) is 0 Å². The van der Waals surface area contributed by atoms with Crippen molar-refractivity contribution in [2.45, 2.75) is 19.6 Å². The second kappa shape index (κ2) is 4.50. The summed E-state index contributed by atoms with van der Waals surface area (Å²) in [5.41, 5.74) is 0.580.